The fourth-order valence-corrected chi connectivity index (χ4v) is 7.53. The Bertz CT molecular complexity index is 1730. The van der Waals surface area contributed by atoms with Crippen LogP contribution in [-0.4, -0.2) is 128 Å². The van der Waals surface area contributed by atoms with Gasteiger partial charge in [0.1, 0.15) is 36.5 Å². The Morgan fingerprint density at radius 3 is 2.61 bits per heavy atom. The van der Waals surface area contributed by atoms with E-state index in [9.17, 15) is 33.9 Å². The number of ether oxygens (including phenoxy) is 1. The number of esters is 1. The number of thioether (sulfide) groups is 2. The molecule has 5 N–H and O–H groups in total. The van der Waals surface area contributed by atoms with Gasteiger partial charge in [-0.1, -0.05) is 16.9 Å². The third kappa shape index (κ3) is 7.95. The molecule has 2 amide bonds. The maximum absolute atomic E-state index is 13.8. The Morgan fingerprint density at radius 2 is 2.00 bits per heavy atom. The van der Waals surface area contributed by atoms with Crippen molar-refractivity contribution >= 4 is 69.5 Å². The molecule has 4 heterocycles. The fourth-order valence-electron chi connectivity index (χ4n) is 4.58. The van der Waals surface area contributed by atoms with E-state index in [4.69, 9.17) is 15.3 Å². The van der Waals surface area contributed by atoms with Crippen LogP contribution in [-0.2, 0) is 35.8 Å². The lowest BCUT2D eigenvalue weighted by Crippen LogP contribution is -2.71. The molecule has 0 spiro atoms. The van der Waals surface area contributed by atoms with Crippen LogP contribution in [0, 0.1) is 0 Å². The van der Waals surface area contributed by atoms with Crippen LogP contribution in [0.5, 0.6) is 0 Å². The molecule has 1 fully saturated rings. The molecule has 2 aromatic rings. The number of hydrogen-bond donors (Lipinski definition) is 4. The lowest BCUT2D eigenvalue weighted by atomic mass is 10.0. The van der Waals surface area contributed by atoms with Crippen molar-refractivity contribution in [3.8, 4) is 0 Å². The molecule has 46 heavy (non-hydrogen) atoms. The summed E-state index contributed by atoms with van der Waals surface area (Å²) in [5.41, 5.74) is 4.09. The van der Waals surface area contributed by atoms with Crippen molar-refractivity contribution in [2.45, 2.75) is 29.1 Å². The van der Waals surface area contributed by atoms with E-state index in [-0.39, 0.29) is 45.4 Å². The third-order valence-electron chi connectivity index (χ3n) is 6.44. The summed E-state index contributed by atoms with van der Waals surface area (Å²) in [4.78, 5) is 89.4. The molecule has 0 bridgehead atoms. The van der Waals surface area contributed by atoms with Crippen molar-refractivity contribution in [3.63, 3.8) is 0 Å². The molecule has 4 rings (SSSR count). The highest BCUT2D eigenvalue weighted by molar-refractivity contribution is 8.01. The molecule has 0 radical (unpaired) electrons. The van der Waals surface area contributed by atoms with Gasteiger partial charge in [0.05, 0.1) is 27.6 Å². The number of carbonyl (C=O) groups excluding carboxylic acids is 3. The largest absolute Gasteiger partial charge is 0.481 e. The zero-order valence-corrected chi connectivity index (χ0v) is 27.8. The first kappa shape index (κ1) is 34.7. The summed E-state index contributed by atoms with van der Waals surface area (Å²) in [5, 5.41) is 19.3. The maximum atomic E-state index is 13.8. The van der Waals surface area contributed by atoms with Crippen molar-refractivity contribution < 1.29 is 38.3 Å². The lowest BCUT2D eigenvalue weighted by Gasteiger charge is -2.49. The minimum absolute atomic E-state index is 0.0616. The van der Waals surface area contributed by atoms with E-state index in [2.05, 4.69) is 25.5 Å². The second-order valence-electron chi connectivity index (χ2n) is 11.1. The van der Waals surface area contributed by atoms with Crippen LogP contribution in [0.3, 0.4) is 0 Å². The van der Waals surface area contributed by atoms with E-state index in [1.54, 1.807) is 0 Å². The van der Waals surface area contributed by atoms with E-state index in [0.717, 1.165) is 23.1 Å². The first-order chi connectivity index (χ1) is 21.6. The fraction of sp³-hybridized carbons (Fsp3) is 0.480. The standard InChI is InChI=1S/C25H31N9O9S3/c1-32-25(29-19(38)20(39)30-32)46-9-11-8-44-22-16(28-18(37)15(31-42-5)13-10-45-24(26)27-13)21(40)33(22)17(11)23(41)43-12(6-14(35)36)7-34(2,3)4/h10,12,16,22H,6-9H2,1-5H3,(H4-,26,27,28,30,35,36,37,39)/p+1/b31-15-/t12?,16-,22-/m1/s1. The summed E-state index contributed by atoms with van der Waals surface area (Å²) in [5.74, 6) is -3.19. The average Bonchev–Trinajstić information content (AvgIpc) is 3.39. The van der Waals surface area contributed by atoms with Crippen LogP contribution in [0.25, 0.3) is 0 Å². The van der Waals surface area contributed by atoms with E-state index >= 15 is 0 Å². The summed E-state index contributed by atoms with van der Waals surface area (Å²) in [6.45, 7) is 0.173. The SMILES string of the molecule is CO/N=C(\C(=O)N[C@@H]1C(=O)N2C(C(=O)OC(CC(=O)O)C[N+](C)(C)C)=C(CSc3nc(=O)c(=O)[nH]n3C)CS[C@H]12)c1csc(N)n1. The maximum Gasteiger partial charge on any atom is 0.355 e. The normalized spacial score (nSPS) is 18.8. The van der Waals surface area contributed by atoms with Gasteiger partial charge in [-0.3, -0.25) is 38.7 Å². The average molecular weight is 699 g/mol. The number of hydrogen-bond acceptors (Lipinski definition) is 15. The number of anilines is 1. The molecular formula is C25H32N9O9S3+. The van der Waals surface area contributed by atoms with Gasteiger partial charge in [0, 0.05) is 23.9 Å². The Labute approximate surface area is 273 Å². The van der Waals surface area contributed by atoms with Crippen LogP contribution in [0.15, 0.2) is 36.6 Å². The van der Waals surface area contributed by atoms with Crippen LogP contribution >= 0.6 is 34.9 Å². The van der Waals surface area contributed by atoms with Crippen LogP contribution in [0.1, 0.15) is 12.1 Å². The van der Waals surface area contributed by atoms with Gasteiger partial charge in [-0.15, -0.1) is 23.1 Å². The zero-order chi connectivity index (χ0) is 33.9. The number of oxime groups is 1. The number of carboxylic acid groups (broad SMARTS) is 1. The third-order valence-corrected chi connectivity index (χ3v) is 9.57. The molecule has 2 aliphatic heterocycles. The van der Waals surface area contributed by atoms with Gasteiger partial charge in [0.25, 0.3) is 11.8 Å². The van der Waals surface area contributed by atoms with Crippen LogP contribution < -0.4 is 22.2 Å². The molecule has 3 atom stereocenters. The number of fused-ring (bicyclic) bond motifs is 1. The summed E-state index contributed by atoms with van der Waals surface area (Å²) in [7, 11) is 8.17. The highest BCUT2D eigenvalue weighted by atomic mass is 32.2. The second-order valence-corrected chi connectivity index (χ2v) is 14.0. The van der Waals surface area contributed by atoms with Crippen molar-refractivity contribution in [3.05, 3.63) is 43.1 Å². The zero-order valence-electron chi connectivity index (χ0n) is 25.3. The number of thiazole rings is 1. The number of aromatic amines is 1. The van der Waals surface area contributed by atoms with E-state index in [0.29, 0.717) is 10.1 Å². The van der Waals surface area contributed by atoms with Gasteiger partial charge < -0.3 is 30.2 Å². The quantitative estimate of drug-likeness (QED) is 0.0350. The predicted molar refractivity (Wildman–Crippen MR) is 168 cm³/mol. The Balaban J connectivity index is 1.63. The lowest BCUT2D eigenvalue weighted by molar-refractivity contribution is -0.873. The van der Waals surface area contributed by atoms with Gasteiger partial charge in [0.2, 0.25) is 0 Å². The molecular weight excluding hydrogens is 667 g/mol. The first-order valence-corrected chi connectivity index (χ1v) is 16.3. The number of aromatic nitrogens is 4. The van der Waals surface area contributed by atoms with Gasteiger partial charge in [0.15, 0.2) is 22.1 Å². The van der Waals surface area contributed by atoms with Crippen molar-refractivity contribution in [2.75, 3.05) is 52.0 Å². The first-order valence-electron chi connectivity index (χ1n) is 13.4. The van der Waals surface area contributed by atoms with Gasteiger partial charge in [-0.05, 0) is 5.57 Å². The van der Waals surface area contributed by atoms with Gasteiger partial charge in [-0.2, -0.15) is 4.98 Å². The molecule has 1 unspecified atom stereocenters. The number of H-pyrrole nitrogens is 1. The monoisotopic (exact) mass is 698 g/mol. The number of carbonyl (C=O) groups is 4. The van der Waals surface area contributed by atoms with Gasteiger partial charge >= 0.3 is 23.1 Å². The number of amides is 2. The van der Waals surface area contributed by atoms with Crippen molar-refractivity contribution in [1.82, 2.24) is 30.0 Å². The topological polar surface area (TPSA) is 241 Å². The number of nitrogen functional groups attached to an aromatic ring is 1. The molecule has 0 aromatic carbocycles. The molecule has 248 valence electrons. The number of nitrogens with two attached hydrogens (primary N) is 1. The van der Waals surface area contributed by atoms with E-state index in [1.165, 1.54) is 40.9 Å². The van der Waals surface area contributed by atoms with Crippen molar-refractivity contribution in [2.24, 2.45) is 12.2 Å². The smallest absolute Gasteiger partial charge is 0.355 e. The molecule has 1 saturated heterocycles. The number of likely N-dealkylation sites (N-methyl/N-ethyl adjacent to an activating group) is 1. The van der Waals surface area contributed by atoms with E-state index < -0.39 is 58.8 Å². The molecule has 0 saturated carbocycles. The summed E-state index contributed by atoms with van der Waals surface area (Å²) >= 11 is 3.39. The predicted octanol–water partition coefficient (Wildman–Crippen LogP) is -1.60. The molecule has 21 heteroatoms. The Morgan fingerprint density at radius 1 is 1.28 bits per heavy atom. The summed E-state index contributed by atoms with van der Waals surface area (Å²) in [6, 6.07) is -1.06. The van der Waals surface area contributed by atoms with Crippen molar-refractivity contribution in [1.29, 1.82) is 0 Å². The molecule has 2 aromatic heterocycles. The number of aryl methyl sites for hydroxylation is 1. The second kappa shape index (κ2) is 14.1. The minimum Gasteiger partial charge on any atom is -0.481 e. The Kier molecular flexibility index (Phi) is 10.6. The molecule has 18 nitrogen and oxygen atoms in total. The number of nitrogens with zero attached hydrogens (tertiary/aromatic N) is 6. The minimum atomic E-state index is -1.17. The number of β-lactam (4-membered cyclic amide) rings is 1. The number of carboxylic acids is 1. The van der Waals surface area contributed by atoms with Gasteiger partial charge in [-0.25, -0.2) is 9.78 Å². The van der Waals surface area contributed by atoms with E-state index in [1.807, 2.05) is 21.1 Å². The molecule has 0 aliphatic carbocycles. The van der Waals surface area contributed by atoms with Crippen LogP contribution in [0.2, 0.25) is 0 Å². The number of rotatable bonds is 13. The highest BCUT2D eigenvalue weighted by Crippen LogP contribution is 2.42. The number of aliphatic carboxylic acids is 1. The number of quaternary nitrogens is 1. The van der Waals surface area contributed by atoms with Crippen LogP contribution in [0.4, 0.5) is 5.13 Å². The number of nitrogens with one attached hydrogen (secondary N) is 2. The molecule has 2 aliphatic rings. The Hall–Kier alpha value is -4.21. The summed E-state index contributed by atoms with van der Waals surface area (Å²) in [6.07, 6.45) is -1.48. The highest BCUT2D eigenvalue weighted by Gasteiger charge is 2.55. The summed E-state index contributed by atoms with van der Waals surface area (Å²) < 4.78 is 7.25.